The molecule has 0 saturated heterocycles. The topological polar surface area (TPSA) is 0 Å². The summed E-state index contributed by atoms with van der Waals surface area (Å²) in [4.78, 5) is 0. The molecule has 0 spiro atoms. The molecule has 0 nitrogen and oxygen atoms in total. The third-order valence-corrected chi connectivity index (χ3v) is 6.85. The monoisotopic (exact) mass is 380 g/mol. The molecule has 0 aliphatic heterocycles. The zero-order valence-electron chi connectivity index (χ0n) is 17.1. The number of hydrogen-bond acceptors (Lipinski definition) is 0. The standard InChI is InChI=1S/C30H20/c1-17-7-9-21-19(13-17)15-27-23-5-3-4-6-24(23)28-16-20-14-18(2)8-10-22(20)26-12-11-25(21)29(27)30(26)28/h3-16H,1-2H3. The van der Waals surface area contributed by atoms with Crippen LogP contribution in [0.15, 0.2) is 84.9 Å². The van der Waals surface area contributed by atoms with E-state index in [4.69, 9.17) is 0 Å². The van der Waals surface area contributed by atoms with E-state index in [1.807, 2.05) is 0 Å². The van der Waals surface area contributed by atoms with Crippen LogP contribution in [0, 0.1) is 13.8 Å². The Hall–Kier alpha value is -3.64. The van der Waals surface area contributed by atoms with E-state index in [1.165, 1.54) is 75.8 Å². The molecule has 0 heteroatoms. The molecule has 0 bridgehead atoms. The smallest absolute Gasteiger partial charge is 0.00137 e. The fraction of sp³-hybridized carbons (Fsp3) is 0.0667. The highest BCUT2D eigenvalue weighted by molar-refractivity contribution is 6.39. The first-order chi connectivity index (χ1) is 14.7. The predicted octanol–water partition coefficient (Wildman–Crippen LogP) is 8.66. The van der Waals surface area contributed by atoms with E-state index in [-0.39, 0.29) is 0 Å². The van der Waals surface area contributed by atoms with Crippen LogP contribution in [0.4, 0.5) is 0 Å². The summed E-state index contributed by atoms with van der Waals surface area (Å²) in [5, 5.41) is 16.3. The summed E-state index contributed by atoms with van der Waals surface area (Å²) in [5.74, 6) is 0. The third kappa shape index (κ3) is 1.96. The van der Waals surface area contributed by atoms with Crippen LogP contribution in [0.25, 0.3) is 64.6 Å². The first kappa shape index (κ1) is 16.2. The minimum atomic E-state index is 1.31. The van der Waals surface area contributed by atoms with E-state index < -0.39 is 0 Å². The zero-order chi connectivity index (χ0) is 20.0. The highest BCUT2D eigenvalue weighted by Gasteiger charge is 2.17. The molecule has 7 rings (SSSR count). The summed E-state index contributed by atoms with van der Waals surface area (Å²) in [6.07, 6.45) is 0. The van der Waals surface area contributed by atoms with Crippen molar-refractivity contribution in [3.63, 3.8) is 0 Å². The summed E-state index contributed by atoms with van der Waals surface area (Å²) in [7, 11) is 0. The van der Waals surface area contributed by atoms with Gasteiger partial charge in [0.1, 0.15) is 0 Å². The van der Waals surface area contributed by atoms with Crippen molar-refractivity contribution >= 4 is 64.6 Å². The quantitative estimate of drug-likeness (QED) is 0.182. The molecule has 0 unspecified atom stereocenters. The second-order valence-corrected chi connectivity index (χ2v) is 8.75. The Labute approximate surface area is 174 Å². The van der Waals surface area contributed by atoms with Gasteiger partial charge < -0.3 is 0 Å². The molecular formula is C30H20. The van der Waals surface area contributed by atoms with Crippen molar-refractivity contribution in [2.24, 2.45) is 0 Å². The molecule has 140 valence electrons. The number of hydrogen-bond donors (Lipinski definition) is 0. The Morgan fingerprint density at radius 2 is 0.800 bits per heavy atom. The van der Waals surface area contributed by atoms with Gasteiger partial charge in [-0.1, -0.05) is 83.9 Å². The van der Waals surface area contributed by atoms with E-state index in [0.29, 0.717) is 0 Å². The van der Waals surface area contributed by atoms with Crippen LogP contribution in [-0.2, 0) is 0 Å². The van der Waals surface area contributed by atoms with Crippen molar-refractivity contribution in [2.45, 2.75) is 13.8 Å². The van der Waals surface area contributed by atoms with Crippen LogP contribution < -0.4 is 0 Å². The summed E-state index contributed by atoms with van der Waals surface area (Å²) in [6, 6.07) is 32.1. The van der Waals surface area contributed by atoms with Crippen LogP contribution in [-0.4, -0.2) is 0 Å². The second kappa shape index (κ2) is 5.49. The molecule has 30 heavy (non-hydrogen) atoms. The number of aryl methyl sites for hydroxylation is 2. The van der Waals surface area contributed by atoms with E-state index in [9.17, 15) is 0 Å². The first-order valence-electron chi connectivity index (χ1n) is 10.6. The fourth-order valence-electron chi connectivity index (χ4n) is 5.54. The number of rotatable bonds is 0. The molecule has 0 radical (unpaired) electrons. The normalized spacial score (nSPS) is 12.3. The molecule has 0 aliphatic rings. The summed E-state index contributed by atoms with van der Waals surface area (Å²) >= 11 is 0. The molecule has 0 fully saturated rings. The van der Waals surface area contributed by atoms with E-state index in [0.717, 1.165) is 0 Å². The van der Waals surface area contributed by atoms with E-state index in [1.54, 1.807) is 0 Å². The molecule has 0 N–H and O–H groups in total. The number of fused-ring (bicyclic) bond motifs is 7. The van der Waals surface area contributed by atoms with Crippen LogP contribution in [0.2, 0.25) is 0 Å². The maximum Gasteiger partial charge on any atom is -0.00137 e. The van der Waals surface area contributed by atoms with Crippen molar-refractivity contribution < 1.29 is 0 Å². The Kier molecular flexibility index (Phi) is 2.96. The Morgan fingerprint density at radius 1 is 0.367 bits per heavy atom. The van der Waals surface area contributed by atoms with Gasteiger partial charge in [0.25, 0.3) is 0 Å². The molecule has 0 aromatic heterocycles. The minimum Gasteiger partial charge on any atom is -0.0616 e. The Morgan fingerprint density at radius 3 is 1.27 bits per heavy atom. The summed E-state index contributed by atoms with van der Waals surface area (Å²) < 4.78 is 0. The fourth-order valence-corrected chi connectivity index (χ4v) is 5.54. The lowest BCUT2D eigenvalue weighted by molar-refractivity contribution is 1.51. The van der Waals surface area contributed by atoms with Gasteiger partial charge in [0.2, 0.25) is 0 Å². The van der Waals surface area contributed by atoms with Crippen molar-refractivity contribution in [3.8, 4) is 0 Å². The first-order valence-corrected chi connectivity index (χ1v) is 10.6. The van der Waals surface area contributed by atoms with Crippen LogP contribution >= 0.6 is 0 Å². The summed E-state index contributed by atoms with van der Waals surface area (Å²) in [5.41, 5.74) is 2.61. The second-order valence-electron chi connectivity index (χ2n) is 8.75. The van der Waals surface area contributed by atoms with Gasteiger partial charge in [-0.3, -0.25) is 0 Å². The molecule has 7 aromatic rings. The van der Waals surface area contributed by atoms with Crippen molar-refractivity contribution in [2.75, 3.05) is 0 Å². The van der Waals surface area contributed by atoms with Gasteiger partial charge in [-0.05, 0) is 90.6 Å². The lowest BCUT2D eigenvalue weighted by Crippen LogP contribution is -1.90. The molecule has 0 atom stereocenters. The van der Waals surface area contributed by atoms with E-state index >= 15 is 0 Å². The van der Waals surface area contributed by atoms with E-state index in [2.05, 4.69) is 98.8 Å². The van der Waals surface area contributed by atoms with Gasteiger partial charge in [-0.2, -0.15) is 0 Å². The summed E-state index contributed by atoms with van der Waals surface area (Å²) in [6.45, 7) is 4.35. The number of benzene rings is 7. The molecule has 0 amide bonds. The van der Waals surface area contributed by atoms with Gasteiger partial charge in [-0.15, -0.1) is 0 Å². The average Bonchev–Trinajstić information content (AvgIpc) is 2.76. The van der Waals surface area contributed by atoms with Crippen molar-refractivity contribution in [3.05, 3.63) is 96.1 Å². The van der Waals surface area contributed by atoms with Gasteiger partial charge in [0, 0.05) is 0 Å². The third-order valence-electron chi connectivity index (χ3n) is 6.85. The van der Waals surface area contributed by atoms with Crippen molar-refractivity contribution in [1.82, 2.24) is 0 Å². The largest absolute Gasteiger partial charge is 0.0616 e. The molecular weight excluding hydrogens is 360 g/mol. The molecule has 0 saturated carbocycles. The lowest BCUT2D eigenvalue weighted by Gasteiger charge is -2.18. The van der Waals surface area contributed by atoms with Gasteiger partial charge >= 0.3 is 0 Å². The maximum absolute atomic E-state index is 2.41. The van der Waals surface area contributed by atoms with Crippen molar-refractivity contribution in [1.29, 1.82) is 0 Å². The maximum atomic E-state index is 2.41. The highest BCUT2D eigenvalue weighted by Crippen LogP contribution is 2.45. The SMILES string of the molecule is Cc1ccc2c(c1)cc1c3ccccc3c3cc4cc(C)ccc4c4ccc2c1c43. The average molecular weight is 380 g/mol. The minimum absolute atomic E-state index is 1.31. The Bertz CT molecular complexity index is 1670. The predicted molar refractivity (Wildman–Crippen MR) is 132 cm³/mol. The van der Waals surface area contributed by atoms with Crippen LogP contribution in [0.5, 0.6) is 0 Å². The van der Waals surface area contributed by atoms with Crippen LogP contribution in [0.3, 0.4) is 0 Å². The molecule has 0 heterocycles. The zero-order valence-corrected chi connectivity index (χ0v) is 17.1. The van der Waals surface area contributed by atoms with Gasteiger partial charge in [0.15, 0.2) is 0 Å². The van der Waals surface area contributed by atoms with Crippen LogP contribution in [0.1, 0.15) is 11.1 Å². The Balaban J connectivity index is 1.89. The molecule has 0 aliphatic carbocycles. The lowest BCUT2D eigenvalue weighted by atomic mass is 9.85. The molecule has 7 aromatic carbocycles. The van der Waals surface area contributed by atoms with Gasteiger partial charge in [0.05, 0.1) is 0 Å². The highest BCUT2D eigenvalue weighted by atomic mass is 14.2. The van der Waals surface area contributed by atoms with Gasteiger partial charge in [-0.25, -0.2) is 0 Å².